The molecule has 1 fully saturated rings. The van der Waals surface area contributed by atoms with Gasteiger partial charge in [-0.1, -0.05) is 31.9 Å². The molecule has 1 saturated heterocycles. The second-order valence-corrected chi connectivity index (χ2v) is 9.06. The van der Waals surface area contributed by atoms with Gasteiger partial charge in [0.2, 0.25) is 0 Å². The van der Waals surface area contributed by atoms with Gasteiger partial charge in [0, 0.05) is 25.6 Å². The Kier molecular flexibility index (Phi) is 7.76. The van der Waals surface area contributed by atoms with E-state index in [0.717, 1.165) is 48.3 Å². The van der Waals surface area contributed by atoms with E-state index in [1.165, 1.54) is 4.90 Å². The van der Waals surface area contributed by atoms with Gasteiger partial charge in [0.15, 0.2) is 0 Å². The van der Waals surface area contributed by atoms with Gasteiger partial charge in [-0.05, 0) is 54.8 Å². The molecule has 2 aromatic carbocycles. The number of benzene rings is 2. The molecule has 2 unspecified atom stereocenters. The van der Waals surface area contributed by atoms with Crippen LogP contribution in [-0.4, -0.2) is 54.7 Å². The van der Waals surface area contributed by atoms with Gasteiger partial charge >= 0.3 is 0 Å². The van der Waals surface area contributed by atoms with E-state index >= 15 is 0 Å². The van der Waals surface area contributed by atoms with Crippen molar-refractivity contribution in [1.29, 1.82) is 0 Å². The number of unbranched alkanes of at least 4 members (excludes halogenated alkanes) is 2. The molecule has 2 aliphatic rings. The number of carbonyl (C=O) groups excluding carboxylic acids is 2. The van der Waals surface area contributed by atoms with Gasteiger partial charge in [0.05, 0.1) is 24.8 Å². The van der Waals surface area contributed by atoms with Crippen LogP contribution in [0.1, 0.15) is 55.8 Å². The van der Waals surface area contributed by atoms with E-state index in [1.807, 2.05) is 37.3 Å². The van der Waals surface area contributed by atoms with Crippen LogP contribution in [0.25, 0.3) is 5.76 Å². The number of amides is 1. The van der Waals surface area contributed by atoms with E-state index in [4.69, 9.17) is 14.2 Å². The van der Waals surface area contributed by atoms with E-state index in [9.17, 15) is 14.7 Å². The third-order valence-electron chi connectivity index (χ3n) is 6.46. The van der Waals surface area contributed by atoms with E-state index in [1.54, 1.807) is 19.2 Å². The van der Waals surface area contributed by atoms with Gasteiger partial charge in [0.25, 0.3) is 11.7 Å². The summed E-state index contributed by atoms with van der Waals surface area (Å²) in [5.74, 6) is -0.0251. The molecule has 2 atom stereocenters. The van der Waals surface area contributed by atoms with Crippen LogP contribution in [0.5, 0.6) is 11.5 Å². The number of Topliss-reactive ketones (excluding diaryl/α,β-unsaturated/α-hetero) is 1. The number of ketones is 1. The van der Waals surface area contributed by atoms with Crippen molar-refractivity contribution in [2.45, 2.75) is 51.7 Å². The summed E-state index contributed by atoms with van der Waals surface area (Å²) in [4.78, 5) is 27.6. The van der Waals surface area contributed by atoms with E-state index in [0.29, 0.717) is 12.2 Å². The van der Waals surface area contributed by atoms with Crippen molar-refractivity contribution in [3.63, 3.8) is 0 Å². The lowest BCUT2D eigenvalue weighted by Gasteiger charge is -2.25. The molecule has 2 aliphatic heterocycles. The fraction of sp³-hybridized carbons (Fsp3) is 0.429. The number of hydrogen-bond donors (Lipinski definition) is 1. The summed E-state index contributed by atoms with van der Waals surface area (Å²) in [5.41, 5.74) is 2.26. The molecule has 0 radical (unpaired) electrons. The lowest BCUT2D eigenvalue weighted by atomic mass is 9.94. The average Bonchev–Trinajstić information content (AvgIpc) is 3.36. The minimum atomic E-state index is -0.720. The summed E-state index contributed by atoms with van der Waals surface area (Å²) in [6.45, 7) is 5.27. The Bertz CT molecular complexity index is 1110. The zero-order valence-corrected chi connectivity index (χ0v) is 20.6. The maximum absolute atomic E-state index is 13.1. The van der Waals surface area contributed by atoms with Crippen LogP contribution >= 0.6 is 0 Å². The minimum Gasteiger partial charge on any atom is -0.507 e. The van der Waals surface area contributed by atoms with E-state index in [-0.39, 0.29) is 30.6 Å². The zero-order valence-electron chi connectivity index (χ0n) is 20.6. The van der Waals surface area contributed by atoms with Crippen molar-refractivity contribution in [2.75, 3.05) is 26.9 Å². The molecular weight excluding hydrogens is 446 g/mol. The molecular formula is C28H33NO6. The largest absolute Gasteiger partial charge is 0.507 e. The standard InChI is InChI=1S/C28H33NO6/c1-4-5-6-14-34-22-10-7-19(8-11-22)25-24(27(31)28(32)29(25)13-15-33-3)26(30)20-9-12-23-21(17-20)16-18(2)35-23/h7-12,17-18,25,30H,4-6,13-16H2,1-3H3/b26-24-. The Hall–Kier alpha value is -3.32. The molecule has 0 aromatic heterocycles. The molecule has 2 aromatic rings. The van der Waals surface area contributed by atoms with Gasteiger partial charge in [-0.3, -0.25) is 9.59 Å². The number of hydrogen-bond acceptors (Lipinski definition) is 6. The summed E-state index contributed by atoms with van der Waals surface area (Å²) in [6, 6.07) is 12.0. The highest BCUT2D eigenvalue weighted by Gasteiger charge is 2.46. The summed E-state index contributed by atoms with van der Waals surface area (Å²) in [7, 11) is 1.55. The molecule has 1 N–H and O–H groups in total. The average molecular weight is 480 g/mol. The van der Waals surface area contributed by atoms with Crippen LogP contribution in [-0.2, 0) is 20.7 Å². The smallest absolute Gasteiger partial charge is 0.295 e. The zero-order chi connectivity index (χ0) is 24.9. The van der Waals surface area contributed by atoms with Gasteiger partial charge < -0.3 is 24.2 Å². The van der Waals surface area contributed by atoms with Crippen molar-refractivity contribution >= 4 is 17.4 Å². The summed E-state index contributed by atoms with van der Waals surface area (Å²) in [5, 5.41) is 11.3. The van der Waals surface area contributed by atoms with Crippen molar-refractivity contribution in [3.8, 4) is 11.5 Å². The molecule has 0 spiro atoms. The Morgan fingerprint density at radius 2 is 1.89 bits per heavy atom. The van der Waals surface area contributed by atoms with E-state index < -0.39 is 17.7 Å². The quantitative estimate of drug-likeness (QED) is 0.231. The third-order valence-corrected chi connectivity index (χ3v) is 6.46. The molecule has 35 heavy (non-hydrogen) atoms. The molecule has 0 aliphatic carbocycles. The van der Waals surface area contributed by atoms with Crippen LogP contribution in [0.4, 0.5) is 0 Å². The van der Waals surface area contributed by atoms with Crippen molar-refractivity contribution < 1.29 is 28.9 Å². The van der Waals surface area contributed by atoms with Gasteiger partial charge in [-0.15, -0.1) is 0 Å². The molecule has 0 bridgehead atoms. The topological polar surface area (TPSA) is 85.3 Å². The predicted molar refractivity (Wildman–Crippen MR) is 133 cm³/mol. The molecule has 7 nitrogen and oxygen atoms in total. The molecule has 0 saturated carbocycles. The molecule has 2 heterocycles. The second-order valence-electron chi connectivity index (χ2n) is 9.06. The Labute approximate surface area is 206 Å². The SMILES string of the molecule is CCCCCOc1ccc(C2/C(=C(/O)c3ccc4c(c3)CC(C)O4)C(=O)C(=O)N2CCOC)cc1. The fourth-order valence-electron chi connectivity index (χ4n) is 4.66. The number of methoxy groups -OCH3 is 1. The molecule has 186 valence electrons. The number of nitrogens with zero attached hydrogens (tertiary/aromatic N) is 1. The normalized spacial score (nSPS) is 20.7. The monoisotopic (exact) mass is 479 g/mol. The van der Waals surface area contributed by atoms with E-state index in [2.05, 4.69) is 6.92 Å². The second kappa shape index (κ2) is 11.0. The highest BCUT2D eigenvalue weighted by molar-refractivity contribution is 6.46. The minimum absolute atomic E-state index is 0.0599. The van der Waals surface area contributed by atoms with Crippen LogP contribution in [0.15, 0.2) is 48.0 Å². The maximum Gasteiger partial charge on any atom is 0.295 e. The number of carbonyl (C=O) groups is 2. The Morgan fingerprint density at radius 3 is 2.60 bits per heavy atom. The number of ether oxygens (including phenoxy) is 3. The Balaban J connectivity index is 1.69. The molecule has 4 rings (SSSR count). The highest BCUT2D eigenvalue weighted by atomic mass is 16.5. The number of rotatable bonds is 10. The Morgan fingerprint density at radius 1 is 1.11 bits per heavy atom. The summed E-state index contributed by atoms with van der Waals surface area (Å²) in [6.07, 6.45) is 4.00. The van der Waals surface area contributed by atoms with Crippen LogP contribution in [0, 0.1) is 0 Å². The maximum atomic E-state index is 13.1. The number of likely N-dealkylation sites (tertiary alicyclic amines) is 1. The van der Waals surface area contributed by atoms with Crippen molar-refractivity contribution in [1.82, 2.24) is 4.90 Å². The molecule has 1 amide bonds. The first-order chi connectivity index (χ1) is 16.9. The number of aliphatic hydroxyl groups excluding tert-OH is 1. The first-order valence-electron chi connectivity index (χ1n) is 12.2. The van der Waals surface area contributed by atoms with Crippen LogP contribution in [0.3, 0.4) is 0 Å². The van der Waals surface area contributed by atoms with Crippen molar-refractivity contribution in [2.24, 2.45) is 0 Å². The first kappa shape index (κ1) is 24.8. The number of fused-ring (bicyclic) bond motifs is 1. The highest BCUT2D eigenvalue weighted by Crippen LogP contribution is 2.40. The summed E-state index contributed by atoms with van der Waals surface area (Å²) >= 11 is 0. The van der Waals surface area contributed by atoms with Gasteiger partial charge in [-0.25, -0.2) is 0 Å². The molecule has 7 heteroatoms. The van der Waals surface area contributed by atoms with Gasteiger partial charge in [-0.2, -0.15) is 0 Å². The fourth-order valence-corrected chi connectivity index (χ4v) is 4.66. The lowest BCUT2D eigenvalue weighted by Crippen LogP contribution is -2.32. The lowest BCUT2D eigenvalue weighted by molar-refractivity contribution is -0.140. The van der Waals surface area contributed by atoms with Crippen LogP contribution < -0.4 is 9.47 Å². The number of aliphatic hydroxyl groups is 1. The predicted octanol–water partition coefficient (Wildman–Crippen LogP) is 4.65. The van der Waals surface area contributed by atoms with Gasteiger partial charge in [0.1, 0.15) is 23.4 Å². The van der Waals surface area contributed by atoms with Crippen molar-refractivity contribution in [3.05, 3.63) is 64.7 Å². The summed E-state index contributed by atoms with van der Waals surface area (Å²) < 4.78 is 16.7. The third kappa shape index (κ3) is 5.20. The van der Waals surface area contributed by atoms with Crippen LogP contribution in [0.2, 0.25) is 0 Å². The first-order valence-corrected chi connectivity index (χ1v) is 12.2.